The van der Waals surface area contributed by atoms with Crippen molar-refractivity contribution in [3.05, 3.63) is 57.7 Å². The zero-order valence-electron chi connectivity index (χ0n) is 17.0. The third-order valence-electron chi connectivity index (χ3n) is 5.58. The second-order valence-corrected chi connectivity index (χ2v) is 8.50. The molecule has 1 N–H and O–H groups in total. The number of amides is 2. The molecule has 0 radical (unpaired) electrons. The van der Waals surface area contributed by atoms with Crippen molar-refractivity contribution >= 4 is 40.8 Å². The molecule has 9 heteroatoms. The van der Waals surface area contributed by atoms with Crippen molar-refractivity contribution < 1.29 is 14.3 Å². The van der Waals surface area contributed by atoms with Crippen LogP contribution in [0.2, 0.25) is 10.0 Å². The quantitative estimate of drug-likeness (QED) is 0.737. The van der Waals surface area contributed by atoms with Gasteiger partial charge in [-0.1, -0.05) is 23.2 Å². The average Bonchev–Trinajstić information content (AvgIpc) is 3.31. The number of ether oxygens (including phenoxy) is 1. The number of anilines is 1. The van der Waals surface area contributed by atoms with E-state index in [4.69, 9.17) is 27.9 Å². The molecule has 1 aromatic carbocycles. The molecule has 2 aliphatic heterocycles. The van der Waals surface area contributed by atoms with Crippen molar-refractivity contribution in [3.63, 3.8) is 0 Å². The predicted octanol–water partition coefficient (Wildman–Crippen LogP) is 3.26. The highest BCUT2D eigenvalue weighted by molar-refractivity contribution is 6.36. The van der Waals surface area contributed by atoms with Gasteiger partial charge in [0.25, 0.3) is 11.8 Å². The van der Waals surface area contributed by atoms with E-state index in [-0.39, 0.29) is 17.9 Å². The maximum atomic E-state index is 12.8. The van der Waals surface area contributed by atoms with Crippen LogP contribution in [0.4, 0.5) is 5.82 Å². The standard InChI is InChI=1S/C22H24Cl2N4O3/c23-16-4-5-18(19(24)12-16)22(30)28-9-7-27(8-10-28)20-6-3-15(13-25-20)21(29)26-14-17-2-1-11-31-17/h3-6,12-13,17H,1-2,7-11,14H2,(H,26,29). The minimum atomic E-state index is -0.148. The summed E-state index contributed by atoms with van der Waals surface area (Å²) in [6.07, 6.45) is 3.72. The van der Waals surface area contributed by atoms with Crippen molar-refractivity contribution in [2.45, 2.75) is 18.9 Å². The number of pyridine rings is 1. The van der Waals surface area contributed by atoms with Gasteiger partial charge in [-0.15, -0.1) is 0 Å². The lowest BCUT2D eigenvalue weighted by Crippen LogP contribution is -2.49. The molecular formula is C22H24Cl2N4O3. The van der Waals surface area contributed by atoms with Crippen molar-refractivity contribution in [3.8, 4) is 0 Å². The van der Waals surface area contributed by atoms with Crippen LogP contribution in [0.3, 0.4) is 0 Å². The fourth-order valence-corrected chi connectivity index (χ4v) is 4.28. The van der Waals surface area contributed by atoms with Crippen LogP contribution in [-0.2, 0) is 4.74 Å². The molecule has 2 fully saturated rings. The molecule has 1 aromatic heterocycles. The third-order valence-corrected chi connectivity index (χ3v) is 6.12. The van der Waals surface area contributed by atoms with Crippen LogP contribution in [0.5, 0.6) is 0 Å². The number of nitrogens with one attached hydrogen (secondary N) is 1. The zero-order chi connectivity index (χ0) is 21.8. The summed E-state index contributed by atoms with van der Waals surface area (Å²) in [5.41, 5.74) is 0.976. The third kappa shape index (κ3) is 5.29. The van der Waals surface area contributed by atoms with Crippen LogP contribution in [0, 0.1) is 0 Å². The largest absolute Gasteiger partial charge is 0.376 e. The maximum Gasteiger partial charge on any atom is 0.255 e. The number of carbonyl (C=O) groups excluding carboxylic acids is 2. The van der Waals surface area contributed by atoms with Crippen LogP contribution < -0.4 is 10.2 Å². The smallest absolute Gasteiger partial charge is 0.255 e. The zero-order valence-corrected chi connectivity index (χ0v) is 18.5. The Bertz CT molecular complexity index is 940. The van der Waals surface area contributed by atoms with Gasteiger partial charge in [-0.25, -0.2) is 4.98 Å². The van der Waals surface area contributed by atoms with Crippen molar-refractivity contribution in [1.82, 2.24) is 15.2 Å². The normalized spacial score (nSPS) is 18.8. The summed E-state index contributed by atoms with van der Waals surface area (Å²) in [5.74, 6) is 0.532. The van der Waals surface area contributed by atoms with Gasteiger partial charge in [-0.2, -0.15) is 0 Å². The molecule has 7 nitrogen and oxygen atoms in total. The van der Waals surface area contributed by atoms with E-state index in [0.717, 1.165) is 25.3 Å². The van der Waals surface area contributed by atoms with Crippen LogP contribution in [0.25, 0.3) is 0 Å². The fraction of sp³-hybridized carbons (Fsp3) is 0.409. The van der Waals surface area contributed by atoms with Gasteiger partial charge in [0, 0.05) is 50.6 Å². The summed E-state index contributed by atoms with van der Waals surface area (Å²) in [5, 5.41) is 3.76. The fourth-order valence-electron chi connectivity index (χ4n) is 3.79. The molecule has 2 saturated heterocycles. The highest BCUT2D eigenvalue weighted by Crippen LogP contribution is 2.23. The van der Waals surface area contributed by atoms with E-state index in [1.54, 1.807) is 35.4 Å². The van der Waals surface area contributed by atoms with Crippen LogP contribution >= 0.6 is 23.2 Å². The molecule has 4 rings (SSSR count). The number of benzene rings is 1. The Morgan fingerprint density at radius 1 is 1.13 bits per heavy atom. The van der Waals surface area contributed by atoms with Crippen LogP contribution in [0.1, 0.15) is 33.6 Å². The van der Waals surface area contributed by atoms with E-state index in [0.29, 0.717) is 53.9 Å². The molecule has 0 aliphatic carbocycles. The summed E-state index contributed by atoms with van der Waals surface area (Å²) < 4.78 is 5.52. The number of piperazine rings is 1. The predicted molar refractivity (Wildman–Crippen MR) is 120 cm³/mol. The van der Waals surface area contributed by atoms with Crippen LogP contribution in [-0.4, -0.2) is 67.1 Å². The first kappa shape index (κ1) is 21.9. The lowest BCUT2D eigenvalue weighted by atomic mass is 10.1. The van der Waals surface area contributed by atoms with Gasteiger partial charge in [0.1, 0.15) is 5.82 Å². The van der Waals surface area contributed by atoms with Gasteiger partial charge in [0.2, 0.25) is 0 Å². The van der Waals surface area contributed by atoms with Gasteiger partial charge < -0.3 is 19.9 Å². The molecule has 31 heavy (non-hydrogen) atoms. The molecule has 2 aliphatic rings. The second kappa shape index (κ2) is 9.85. The lowest BCUT2D eigenvalue weighted by molar-refractivity contribution is 0.0746. The molecule has 1 unspecified atom stereocenters. The number of hydrogen-bond acceptors (Lipinski definition) is 5. The van der Waals surface area contributed by atoms with Gasteiger partial charge in [0.05, 0.1) is 22.3 Å². The average molecular weight is 463 g/mol. The molecule has 2 aromatic rings. The molecule has 0 spiro atoms. The van der Waals surface area contributed by atoms with Gasteiger partial charge in [-0.05, 0) is 43.2 Å². The topological polar surface area (TPSA) is 74.8 Å². The molecule has 2 amide bonds. The number of carbonyl (C=O) groups is 2. The molecule has 0 saturated carbocycles. The van der Waals surface area contributed by atoms with Gasteiger partial charge in [-0.3, -0.25) is 9.59 Å². The van der Waals surface area contributed by atoms with E-state index in [1.807, 2.05) is 6.07 Å². The Morgan fingerprint density at radius 3 is 2.58 bits per heavy atom. The number of nitrogens with zero attached hydrogens (tertiary/aromatic N) is 3. The number of rotatable bonds is 5. The molecule has 3 heterocycles. The Hall–Kier alpha value is -2.35. The van der Waals surface area contributed by atoms with E-state index >= 15 is 0 Å². The second-order valence-electron chi connectivity index (χ2n) is 7.65. The maximum absolute atomic E-state index is 12.8. The minimum absolute atomic E-state index is 0.104. The highest BCUT2D eigenvalue weighted by atomic mass is 35.5. The first-order valence-electron chi connectivity index (χ1n) is 10.4. The van der Waals surface area contributed by atoms with Gasteiger partial charge >= 0.3 is 0 Å². The first-order chi connectivity index (χ1) is 15.0. The Morgan fingerprint density at radius 2 is 1.94 bits per heavy atom. The van der Waals surface area contributed by atoms with Crippen molar-refractivity contribution in [2.24, 2.45) is 0 Å². The van der Waals surface area contributed by atoms with Crippen molar-refractivity contribution in [2.75, 3.05) is 44.2 Å². The van der Waals surface area contributed by atoms with E-state index < -0.39 is 0 Å². The summed E-state index contributed by atoms with van der Waals surface area (Å²) in [6, 6.07) is 8.52. The molecule has 164 valence electrons. The van der Waals surface area contributed by atoms with E-state index in [9.17, 15) is 9.59 Å². The molecule has 0 bridgehead atoms. The molecule has 1 atom stereocenters. The summed E-state index contributed by atoms with van der Waals surface area (Å²) >= 11 is 12.1. The first-order valence-corrected chi connectivity index (χ1v) is 11.1. The minimum Gasteiger partial charge on any atom is -0.376 e. The van der Waals surface area contributed by atoms with E-state index in [2.05, 4.69) is 15.2 Å². The highest BCUT2D eigenvalue weighted by Gasteiger charge is 2.24. The Balaban J connectivity index is 1.30. The monoisotopic (exact) mass is 462 g/mol. The van der Waals surface area contributed by atoms with Crippen LogP contribution in [0.15, 0.2) is 36.5 Å². The Labute approximate surface area is 191 Å². The number of halogens is 2. The van der Waals surface area contributed by atoms with E-state index in [1.165, 1.54) is 0 Å². The SMILES string of the molecule is O=C(NCC1CCCO1)c1ccc(N2CCN(C(=O)c3ccc(Cl)cc3Cl)CC2)nc1. The van der Waals surface area contributed by atoms with Gasteiger partial charge in [0.15, 0.2) is 0 Å². The summed E-state index contributed by atoms with van der Waals surface area (Å²) in [6.45, 7) is 3.70. The van der Waals surface area contributed by atoms with Crippen molar-refractivity contribution in [1.29, 1.82) is 0 Å². The molecular weight excluding hydrogens is 439 g/mol. The summed E-state index contributed by atoms with van der Waals surface area (Å²) in [4.78, 5) is 33.4. The number of aromatic nitrogens is 1. The lowest BCUT2D eigenvalue weighted by Gasteiger charge is -2.35. The number of hydrogen-bond donors (Lipinski definition) is 1. The summed E-state index contributed by atoms with van der Waals surface area (Å²) in [7, 11) is 0. The Kier molecular flexibility index (Phi) is 6.95.